The SMILES string of the molecule is CCC(C)NC(=O)C(Cc1ccccc1)N(Cc1ccccc1Cl)C(=O)CN(c1ccc(C)c(Cl)c1)S(C)(=O)=O. The molecule has 0 spiro atoms. The van der Waals surface area contributed by atoms with Crippen molar-refractivity contribution in [3.8, 4) is 0 Å². The van der Waals surface area contributed by atoms with Gasteiger partial charge < -0.3 is 10.2 Å². The highest BCUT2D eigenvalue weighted by Gasteiger charge is 2.33. The van der Waals surface area contributed by atoms with Gasteiger partial charge in [-0.05, 0) is 55.2 Å². The van der Waals surface area contributed by atoms with Crippen molar-refractivity contribution in [3.63, 3.8) is 0 Å². The second-order valence-corrected chi connectivity index (χ2v) is 12.6. The van der Waals surface area contributed by atoms with E-state index in [1.54, 1.807) is 43.3 Å². The van der Waals surface area contributed by atoms with Crippen molar-refractivity contribution < 1.29 is 18.0 Å². The average Bonchev–Trinajstić information content (AvgIpc) is 2.91. The number of sulfonamides is 1. The summed E-state index contributed by atoms with van der Waals surface area (Å²) in [6, 6.07) is 20.2. The maximum absolute atomic E-state index is 14.1. The Kier molecular flexibility index (Phi) is 11.0. The fourth-order valence-corrected chi connectivity index (χ4v) is 5.37. The highest BCUT2D eigenvalue weighted by Crippen LogP contribution is 2.26. The fourth-order valence-electron chi connectivity index (χ4n) is 4.16. The zero-order valence-corrected chi connectivity index (χ0v) is 25.4. The van der Waals surface area contributed by atoms with Crippen molar-refractivity contribution in [2.75, 3.05) is 17.1 Å². The number of carbonyl (C=O) groups is 2. The predicted molar refractivity (Wildman–Crippen MR) is 162 cm³/mol. The van der Waals surface area contributed by atoms with E-state index in [4.69, 9.17) is 23.2 Å². The summed E-state index contributed by atoms with van der Waals surface area (Å²) in [6.45, 7) is 5.14. The highest BCUT2D eigenvalue weighted by molar-refractivity contribution is 7.92. The summed E-state index contributed by atoms with van der Waals surface area (Å²) >= 11 is 12.8. The number of amides is 2. The summed E-state index contributed by atoms with van der Waals surface area (Å²) in [5.74, 6) is -0.884. The van der Waals surface area contributed by atoms with Gasteiger partial charge in [-0.2, -0.15) is 0 Å². The Bertz CT molecular complexity index is 1430. The fraction of sp³-hybridized carbons (Fsp3) is 0.333. The van der Waals surface area contributed by atoms with E-state index in [1.807, 2.05) is 44.2 Å². The lowest BCUT2D eigenvalue weighted by molar-refractivity contribution is -0.140. The third-order valence-electron chi connectivity index (χ3n) is 6.69. The largest absolute Gasteiger partial charge is 0.352 e. The minimum absolute atomic E-state index is 0.0101. The first-order valence-electron chi connectivity index (χ1n) is 13.0. The molecular formula is C30H35Cl2N3O4S. The predicted octanol–water partition coefficient (Wildman–Crippen LogP) is 5.62. The second-order valence-electron chi connectivity index (χ2n) is 9.84. The number of carbonyl (C=O) groups excluding carboxylic acids is 2. The number of hydrogen-bond acceptors (Lipinski definition) is 4. The number of aryl methyl sites for hydroxylation is 1. The third kappa shape index (κ3) is 8.46. The molecule has 3 aromatic carbocycles. The normalized spacial score (nSPS) is 12.8. The lowest BCUT2D eigenvalue weighted by Crippen LogP contribution is -2.54. The molecule has 3 rings (SSSR count). The van der Waals surface area contributed by atoms with Crippen LogP contribution in [0.3, 0.4) is 0 Å². The summed E-state index contributed by atoms with van der Waals surface area (Å²) < 4.78 is 26.8. The van der Waals surface area contributed by atoms with Crippen LogP contribution >= 0.6 is 23.2 Å². The van der Waals surface area contributed by atoms with Gasteiger partial charge in [0.15, 0.2) is 0 Å². The zero-order chi connectivity index (χ0) is 29.4. The van der Waals surface area contributed by atoms with E-state index in [0.717, 1.165) is 21.7 Å². The first kappa shape index (κ1) is 31.5. The molecule has 7 nitrogen and oxygen atoms in total. The van der Waals surface area contributed by atoms with Gasteiger partial charge in [0.2, 0.25) is 21.8 Å². The molecule has 0 saturated heterocycles. The lowest BCUT2D eigenvalue weighted by Gasteiger charge is -2.34. The van der Waals surface area contributed by atoms with Crippen molar-refractivity contribution in [1.29, 1.82) is 0 Å². The van der Waals surface area contributed by atoms with Gasteiger partial charge in [-0.25, -0.2) is 8.42 Å². The van der Waals surface area contributed by atoms with E-state index >= 15 is 0 Å². The Balaban J connectivity index is 2.08. The molecule has 214 valence electrons. The van der Waals surface area contributed by atoms with Crippen molar-refractivity contribution >= 4 is 50.7 Å². The summed E-state index contributed by atoms with van der Waals surface area (Å²) in [5.41, 5.74) is 2.52. The van der Waals surface area contributed by atoms with Crippen LogP contribution in [0.4, 0.5) is 5.69 Å². The molecule has 0 fully saturated rings. The van der Waals surface area contributed by atoms with Gasteiger partial charge in [-0.1, -0.05) is 84.7 Å². The van der Waals surface area contributed by atoms with Crippen LogP contribution in [0.25, 0.3) is 0 Å². The zero-order valence-electron chi connectivity index (χ0n) is 23.1. The van der Waals surface area contributed by atoms with Gasteiger partial charge in [0.25, 0.3) is 0 Å². The van der Waals surface area contributed by atoms with Gasteiger partial charge >= 0.3 is 0 Å². The number of benzene rings is 3. The lowest BCUT2D eigenvalue weighted by atomic mass is 10.0. The van der Waals surface area contributed by atoms with Crippen LogP contribution in [0.2, 0.25) is 10.0 Å². The quantitative estimate of drug-likeness (QED) is 0.291. The maximum Gasteiger partial charge on any atom is 0.244 e. The van der Waals surface area contributed by atoms with Gasteiger partial charge in [0, 0.05) is 29.1 Å². The molecule has 0 aliphatic carbocycles. The number of nitrogens with zero attached hydrogens (tertiary/aromatic N) is 2. The summed E-state index contributed by atoms with van der Waals surface area (Å²) in [4.78, 5) is 29.2. The molecule has 0 bridgehead atoms. The molecule has 1 N–H and O–H groups in total. The second kappa shape index (κ2) is 14.0. The summed E-state index contributed by atoms with van der Waals surface area (Å²) in [5, 5.41) is 3.81. The Labute approximate surface area is 247 Å². The first-order chi connectivity index (χ1) is 18.9. The number of halogens is 2. The summed E-state index contributed by atoms with van der Waals surface area (Å²) in [6.07, 6.45) is 1.97. The minimum Gasteiger partial charge on any atom is -0.352 e. The molecule has 2 atom stereocenters. The van der Waals surface area contributed by atoms with Gasteiger partial charge in [-0.15, -0.1) is 0 Å². The van der Waals surface area contributed by atoms with Crippen LogP contribution in [-0.2, 0) is 32.6 Å². The van der Waals surface area contributed by atoms with Crippen LogP contribution in [0, 0.1) is 6.92 Å². The van der Waals surface area contributed by atoms with Crippen molar-refractivity contribution in [1.82, 2.24) is 10.2 Å². The minimum atomic E-state index is -3.88. The van der Waals surface area contributed by atoms with Crippen LogP contribution < -0.4 is 9.62 Å². The average molecular weight is 605 g/mol. The van der Waals surface area contributed by atoms with Gasteiger partial charge in [0.05, 0.1) is 11.9 Å². The van der Waals surface area contributed by atoms with Gasteiger partial charge in [-0.3, -0.25) is 13.9 Å². The van der Waals surface area contributed by atoms with Crippen LogP contribution in [0.15, 0.2) is 72.8 Å². The molecule has 2 amide bonds. The van der Waals surface area contributed by atoms with Crippen molar-refractivity contribution in [2.45, 2.75) is 52.2 Å². The van der Waals surface area contributed by atoms with E-state index in [1.165, 1.54) is 11.0 Å². The molecule has 0 saturated carbocycles. The van der Waals surface area contributed by atoms with Crippen LogP contribution in [-0.4, -0.2) is 50.0 Å². The summed E-state index contributed by atoms with van der Waals surface area (Å²) in [7, 11) is -3.88. The molecular weight excluding hydrogens is 569 g/mol. The third-order valence-corrected chi connectivity index (χ3v) is 8.61. The Morgan fingerprint density at radius 2 is 1.60 bits per heavy atom. The smallest absolute Gasteiger partial charge is 0.244 e. The molecule has 0 aliphatic heterocycles. The van der Waals surface area contributed by atoms with E-state index in [0.29, 0.717) is 22.0 Å². The molecule has 0 aromatic heterocycles. The van der Waals surface area contributed by atoms with E-state index in [2.05, 4.69) is 5.32 Å². The topological polar surface area (TPSA) is 86.8 Å². The Hall–Kier alpha value is -3.07. The van der Waals surface area contributed by atoms with Crippen molar-refractivity contribution in [3.05, 3.63) is 99.5 Å². The van der Waals surface area contributed by atoms with E-state index in [9.17, 15) is 18.0 Å². The van der Waals surface area contributed by atoms with E-state index in [-0.39, 0.29) is 30.6 Å². The Morgan fingerprint density at radius 3 is 2.20 bits per heavy atom. The molecule has 0 heterocycles. The highest BCUT2D eigenvalue weighted by atomic mass is 35.5. The molecule has 0 radical (unpaired) electrons. The maximum atomic E-state index is 14.1. The molecule has 10 heteroatoms. The van der Waals surface area contributed by atoms with Gasteiger partial charge in [0.1, 0.15) is 12.6 Å². The monoisotopic (exact) mass is 603 g/mol. The van der Waals surface area contributed by atoms with E-state index < -0.39 is 28.5 Å². The number of rotatable bonds is 12. The molecule has 2 unspecified atom stereocenters. The number of nitrogens with one attached hydrogen (secondary N) is 1. The number of anilines is 1. The van der Waals surface area contributed by atoms with Crippen molar-refractivity contribution in [2.24, 2.45) is 0 Å². The molecule has 3 aromatic rings. The molecule has 40 heavy (non-hydrogen) atoms. The van der Waals surface area contributed by atoms with Crippen LogP contribution in [0.5, 0.6) is 0 Å². The first-order valence-corrected chi connectivity index (χ1v) is 15.6. The van der Waals surface area contributed by atoms with Crippen LogP contribution in [0.1, 0.15) is 37.0 Å². The Morgan fingerprint density at radius 1 is 0.950 bits per heavy atom. The molecule has 0 aliphatic rings. The standard InChI is InChI=1S/C30H35Cl2N3O4S/c1-5-22(3)33-30(37)28(17-23-11-7-6-8-12-23)34(19-24-13-9-10-14-26(24)31)29(36)20-35(40(4,38)39)25-16-15-21(2)27(32)18-25/h6-16,18,22,28H,5,17,19-20H2,1-4H3,(H,33,37). The number of hydrogen-bond donors (Lipinski definition) is 1.